The molecule has 0 aliphatic heterocycles. The number of benzene rings is 1. The van der Waals surface area contributed by atoms with Gasteiger partial charge in [0.1, 0.15) is 5.75 Å². The van der Waals surface area contributed by atoms with Gasteiger partial charge in [0.25, 0.3) is 15.2 Å². The minimum Gasteiger partial charge on any atom is -0.496 e. The van der Waals surface area contributed by atoms with Crippen LogP contribution in [-0.2, 0) is 16.6 Å². The van der Waals surface area contributed by atoms with Crippen molar-refractivity contribution in [3.05, 3.63) is 22.7 Å². The van der Waals surface area contributed by atoms with Crippen molar-refractivity contribution in [1.29, 1.82) is 0 Å². The number of hydrogen-bond donors (Lipinski definition) is 1. The monoisotopic (exact) mass is 374 g/mol. The molecule has 1 heterocycles. The number of primary sulfonamides is 1. The van der Waals surface area contributed by atoms with Gasteiger partial charge in [0.2, 0.25) is 0 Å². The van der Waals surface area contributed by atoms with Crippen LogP contribution >= 0.6 is 15.9 Å². The van der Waals surface area contributed by atoms with Crippen molar-refractivity contribution in [3.8, 4) is 17.1 Å². The van der Waals surface area contributed by atoms with E-state index in [4.69, 9.17) is 9.88 Å². The lowest BCUT2D eigenvalue weighted by Gasteiger charge is -2.09. The Morgan fingerprint density at radius 3 is 2.62 bits per heavy atom. The summed E-state index contributed by atoms with van der Waals surface area (Å²) in [5.41, 5.74) is 0.721. The summed E-state index contributed by atoms with van der Waals surface area (Å²) in [4.78, 5) is 0. The summed E-state index contributed by atoms with van der Waals surface area (Å²) in [6, 6.07) is 5.34. The summed E-state index contributed by atoms with van der Waals surface area (Å²) in [5.74, 6) is 1.12. The summed E-state index contributed by atoms with van der Waals surface area (Å²) in [6.07, 6.45) is 0.727. The fourth-order valence-corrected chi connectivity index (χ4v) is 3.12. The smallest absolute Gasteiger partial charge is 0.273 e. The average molecular weight is 375 g/mol. The van der Waals surface area contributed by atoms with Crippen LogP contribution in [0.4, 0.5) is 0 Å². The number of nitrogens with two attached hydrogens (primary N) is 1. The lowest BCUT2D eigenvalue weighted by Crippen LogP contribution is -2.19. The number of rotatable bonds is 5. The highest BCUT2D eigenvalue weighted by Crippen LogP contribution is 2.30. The van der Waals surface area contributed by atoms with Crippen LogP contribution in [0.25, 0.3) is 11.4 Å². The number of hydrogen-bond acceptors (Lipinski definition) is 5. The Balaban J connectivity index is 2.59. The minimum atomic E-state index is -3.91. The van der Waals surface area contributed by atoms with Crippen LogP contribution in [0.3, 0.4) is 0 Å². The average Bonchev–Trinajstić information content (AvgIpc) is 2.83. The second-order valence-corrected chi connectivity index (χ2v) is 6.66. The van der Waals surface area contributed by atoms with Gasteiger partial charge in [-0.3, -0.25) is 4.57 Å². The van der Waals surface area contributed by atoms with Crippen molar-refractivity contribution in [2.45, 2.75) is 25.0 Å². The molecule has 2 aromatic rings. The van der Waals surface area contributed by atoms with Gasteiger partial charge in [-0.05, 0) is 40.5 Å². The van der Waals surface area contributed by atoms with Crippen molar-refractivity contribution in [2.75, 3.05) is 7.11 Å². The van der Waals surface area contributed by atoms with E-state index in [2.05, 4.69) is 26.1 Å². The van der Waals surface area contributed by atoms with Gasteiger partial charge in [0.15, 0.2) is 5.82 Å². The lowest BCUT2D eigenvalue weighted by molar-refractivity contribution is 0.412. The summed E-state index contributed by atoms with van der Waals surface area (Å²) in [5, 5.41) is 12.6. The second kappa shape index (κ2) is 6.12. The van der Waals surface area contributed by atoms with Gasteiger partial charge < -0.3 is 4.74 Å². The Morgan fingerprint density at radius 2 is 2.10 bits per heavy atom. The van der Waals surface area contributed by atoms with E-state index in [1.165, 1.54) is 4.57 Å². The van der Waals surface area contributed by atoms with Gasteiger partial charge in [0, 0.05) is 12.1 Å². The van der Waals surface area contributed by atoms with E-state index >= 15 is 0 Å². The predicted molar refractivity (Wildman–Crippen MR) is 81.4 cm³/mol. The van der Waals surface area contributed by atoms with E-state index in [9.17, 15) is 8.42 Å². The summed E-state index contributed by atoms with van der Waals surface area (Å²) >= 11 is 3.39. The topological polar surface area (TPSA) is 100 Å². The molecule has 0 unspecified atom stereocenters. The Labute approximate surface area is 131 Å². The molecule has 0 bridgehead atoms. The van der Waals surface area contributed by atoms with Gasteiger partial charge in [0.05, 0.1) is 11.6 Å². The highest BCUT2D eigenvalue weighted by atomic mass is 79.9. The molecule has 1 aromatic carbocycles. The molecule has 9 heteroatoms. The zero-order valence-electron chi connectivity index (χ0n) is 11.6. The van der Waals surface area contributed by atoms with Crippen LogP contribution in [-0.4, -0.2) is 30.3 Å². The largest absolute Gasteiger partial charge is 0.496 e. The fraction of sp³-hybridized carbons (Fsp3) is 0.333. The van der Waals surface area contributed by atoms with Gasteiger partial charge in [-0.25, -0.2) is 13.6 Å². The minimum absolute atomic E-state index is 0.230. The number of nitrogens with zero attached hydrogens (tertiary/aromatic N) is 3. The quantitative estimate of drug-likeness (QED) is 0.859. The maximum absolute atomic E-state index is 11.6. The summed E-state index contributed by atoms with van der Waals surface area (Å²) in [6.45, 7) is 2.39. The van der Waals surface area contributed by atoms with Crippen LogP contribution in [0.1, 0.15) is 13.3 Å². The zero-order chi connectivity index (χ0) is 15.6. The molecule has 1 aromatic heterocycles. The predicted octanol–water partition coefficient (Wildman–Crippen LogP) is 1.77. The highest BCUT2D eigenvalue weighted by molar-refractivity contribution is 9.10. The molecule has 7 nitrogen and oxygen atoms in total. The summed E-state index contributed by atoms with van der Waals surface area (Å²) < 4.78 is 30.5. The molecule has 0 radical (unpaired) electrons. The Kier molecular flexibility index (Phi) is 4.64. The number of methoxy groups -OCH3 is 1. The van der Waals surface area contributed by atoms with Crippen LogP contribution in [0.15, 0.2) is 27.8 Å². The number of ether oxygens (including phenoxy) is 1. The third kappa shape index (κ3) is 3.25. The second-order valence-electron chi connectivity index (χ2n) is 4.35. The van der Waals surface area contributed by atoms with Crippen molar-refractivity contribution < 1.29 is 13.2 Å². The highest BCUT2D eigenvalue weighted by Gasteiger charge is 2.21. The Bertz CT molecular complexity index is 758. The molecule has 0 saturated carbocycles. The normalized spacial score (nSPS) is 11.6. The van der Waals surface area contributed by atoms with E-state index in [1.807, 2.05) is 6.92 Å². The van der Waals surface area contributed by atoms with Crippen molar-refractivity contribution in [3.63, 3.8) is 0 Å². The molecule has 2 N–H and O–H groups in total. The molecule has 114 valence electrons. The maximum Gasteiger partial charge on any atom is 0.273 e. The maximum atomic E-state index is 11.6. The first-order valence-electron chi connectivity index (χ1n) is 6.18. The molecule has 21 heavy (non-hydrogen) atoms. The first-order chi connectivity index (χ1) is 9.88. The Morgan fingerprint density at radius 1 is 1.38 bits per heavy atom. The van der Waals surface area contributed by atoms with Crippen LogP contribution in [0, 0.1) is 0 Å². The van der Waals surface area contributed by atoms with Gasteiger partial charge in [-0.1, -0.05) is 6.92 Å². The number of aromatic nitrogens is 3. The number of sulfonamides is 1. The molecule has 0 atom stereocenters. The third-order valence-electron chi connectivity index (χ3n) is 2.83. The molecule has 0 amide bonds. The van der Waals surface area contributed by atoms with E-state index in [0.717, 1.165) is 16.5 Å². The van der Waals surface area contributed by atoms with E-state index in [0.29, 0.717) is 18.1 Å². The number of halogens is 1. The summed E-state index contributed by atoms with van der Waals surface area (Å²) in [7, 11) is -2.34. The van der Waals surface area contributed by atoms with Gasteiger partial charge in [-0.15, -0.1) is 10.2 Å². The molecule has 0 spiro atoms. The fourth-order valence-electron chi connectivity index (χ4n) is 1.94. The van der Waals surface area contributed by atoms with Gasteiger partial charge in [-0.2, -0.15) is 0 Å². The van der Waals surface area contributed by atoms with Crippen molar-refractivity contribution in [2.24, 2.45) is 5.14 Å². The molecular weight excluding hydrogens is 360 g/mol. The van der Waals surface area contributed by atoms with Gasteiger partial charge >= 0.3 is 0 Å². The first-order valence-corrected chi connectivity index (χ1v) is 8.52. The van der Waals surface area contributed by atoms with E-state index in [-0.39, 0.29) is 5.16 Å². The van der Waals surface area contributed by atoms with Crippen molar-refractivity contribution >= 4 is 26.0 Å². The molecule has 0 saturated heterocycles. The van der Waals surface area contributed by atoms with Crippen LogP contribution in [0.5, 0.6) is 5.75 Å². The van der Waals surface area contributed by atoms with Crippen molar-refractivity contribution in [1.82, 2.24) is 14.8 Å². The standard InChI is InChI=1S/C12H15BrN4O3S/c1-3-6-17-11(15-16-12(17)21(14,18)19)8-4-5-10(20-2)9(13)7-8/h4-5,7H,3,6H2,1-2H3,(H2,14,18,19). The van der Waals surface area contributed by atoms with E-state index in [1.54, 1.807) is 25.3 Å². The molecule has 0 aliphatic rings. The van der Waals surface area contributed by atoms with E-state index < -0.39 is 10.0 Å². The first kappa shape index (κ1) is 15.9. The lowest BCUT2D eigenvalue weighted by atomic mass is 10.2. The Hall–Kier alpha value is -1.45. The molecular formula is C12H15BrN4O3S. The SMILES string of the molecule is CCCn1c(-c2ccc(OC)c(Br)c2)nnc1S(N)(=O)=O. The zero-order valence-corrected chi connectivity index (χ0v) is 14.0. The molecule has 0 fully saturated rings. The molecule has 2 rings (SSSR count). The van der Waals surface area contributed by atoms with Crippen LogP contribution < -0.4 is 9.88 Å². The molecule has 0 aliphatic carbocycles. The third-order valence-corrected chi connectivity index (χ3v) is 4.26. The van der Waals surface area contributed by atoms with Crippen LogP contribution in [0.2, 0.25) is 0 Å².